The number of nitrogens with zero attached hydrogens (tertiary/aromatic N) is 1. The number of anilines is 1. The number of rotatable bonds is 10. The fourth-order valence-electron chi connectivity index (χ4n) is 1.65. The summed E-state index contributed by atoms with van der Waals surface area (Å²) in [5.74, 6) is 2.00. The molecule has 0 heterocycles. The van der Waals surface area contributed by atoms with Crippen molar-refractivity contribution in [2.45, 2.75) is 13.3 Å². The molecule has 0 saturated heterocycles. The van der Waals surface area contributed by atoms with E-state index in [9.17, 15) is 10.1 Å². The van der Waals surface area contributed by atoms with Crippen molar-refractivity contribution in [1.82, 2.24) is 0 Å². The minimum absolute atomic E-state index is 0.0188. The fraction of sp³-hybridized carbons (Fsp3) is 0.538. The summed E-state index contributed by atoms with van der Waals surface area (Å²) in [5, 5.41) is 22.9. The quantitative estimate of drug-likeness (QED) is 0.392. The molecule has 0 aliphatic heterocycles. The number of para-hydroxylation sites is 1. The average molecular weight is 300 g/mol. The van der Waals surface area contributed by atoms with Gasteiger partial charge in [-0.05, 0) is 31.2 Å². The highest BCUT2D eigenvalue weighted by Crippen LogP contribution is 2.34. The summed E-state index contributed by atoms with van der Waals surface area (Å²) < 4.78 is 5.28. The molecule has 0 fully saturated rings. The lowest BCUT2D eigenvalue weighted by atomic mass is 10.2. The highest BCUT2D eigenvalue weighted by molar-refractivity contribution is 7.99. The molecule has 0 saturated carbocycles. The number of aliphatic hydroxyl groups excluding tert-OH is 1. The lowest BCUT2D eigenvalue weighted by Crippen LogP contribution is -2.08. The summed E-state index contributed by atoms with van der Waals surface area (Å²) in [7, 11) is 0. The van der Waals surface area contributed by atoms with Gasteiger partial charge < -0.3 is 15.2 Å². The molecule has 0 aliphatic rings. The molecule has 6 nitrogen and oxygen atoms in total. The molecule has 1 aromatic rings. The lowest BCUT2D eigenvalue weighted by molar-refractivity contribution is -0.384. The van der Waals surface area contributed by atoms with Crippen molar-refractivity contribution in [3.63, 3.8) is 0 Å². The van der Waals surface area contributed by atoms with Gasteiger partial charge in [0.05, 0.1) is 11.5 Å². The minimum atomic E-state index is -0.424. The van der Waals surface area contributed by atoms with Gasteiger partial charge in [0.15, 0.2) is 5.75 Å². The van der Waals surface area contributed by atoms with Gasteiger partial charge in [-0.1, -0.05) is 6.07 Å². The van der Waals surface area contributed by atoms with E-state index in [0.29, 0.717) is 18.8 Å². The Labute approximate surface area is 122 Å². The zero-order valence-corrected chi connectivity index (χ0v) is 12.3. The van der Waals surface area contributed by atoms with Crippen LogP contribution in [0.1, 0.15) is 13.3 Å². The van der Waals surface area contributed by atoms with Crippen molar-refractivity contribution >= 4 is 23.1 Å². The summed E-state index contributed by atoms with van der Waals surface area (Å²) in [5.41, 5.74) is 0.457. The molecular weight excluding hydrogens is 280 g/mol. The molecule has 0 unspecified atom stereocenters. The molecular formula is C13H20N2O4S. The molecule has 1 rings (SSSR count). The Morgan fingerprint density at radius 3 is 2.90 bits per heavy atom. The van der Waals surface area contributed by atoms with Crippen LogP contribution in [0.4, 0.5) is 11.4 Å². The van der Waals surface area contributed by atoms with Crippen molar-refractivity contribution in [3.8, 4) is 5.75 Å². The highest BCUT2D eigenvalue weighted by Gasteiger charge is 2.20. The number of benzene rings is 1. The van der Waals surface area contributed by atoms with Crippen molar-refractivity contribution in [3.05, 3.63) is 28.3 Å². The average Bonchev–Trinajstić information content (AvgIpc) is 2.43. The van der Waals surface area contributed by atoms with Crippen molar-refractivity contribution in [2.75, 3.05) is 36.6 Å². The van der Waals surface area contributed by atoms with Gasteiger partial charge in [0, 0.05) is 18.9 Å². The van der Waals surface area contributed by atoms with E-state index < -0.39 is 4.92 Å². The van der Waals surface area contributed by atoms with E-state index in [1.807, 2.05) is 0 Å². The van der Waals surface area contributed by atoms with Gasteiger partial charge >= 0.3 is 5.69 Å². The molecule has 20 heavy (non-hydrogen) atoms. The molecule has 0 aromatic heterocycles. The second kappa shape index (κ2) is 9.44. The summed E-state index contributed by atoms with van der Waals surface area (Å²) in [6.07, 6.45) is 0.768. The van der Waals surface area contributed by atoms with Crippen LogP contribution in [0.25, 0.3) is 0 Å². The molecule has 0 spiro atoms. The number of nitro groups is 1. The van der Waals surface area contributed by atoms with E-state index >= 15 is 0 Å². The molecule has 1 aromatic carbocycles. The van der Waals surface area contributed by atoms with Crippen LogP contribution in [-0.2, 0) is 0 Å². The van der Waals surface area contributed by atoms with Gasteiger partial charge in [-0.25, -0.2) is 0 Å². The SMILES string of the molecule is CCOc1cccc(NCCSCCCO)c1[N+](=O)[O-]. The molecule has 0 bridgehead atoms. The smallest absolute Gasteiger partial charge is 0.333 e. The number of hydrogen-bond donors (Lipinski definition) is 2. The summed E-state index contributed by atoms with van der Waals surface area (Å²) in [6, 6.07) is 5.01. The van der Waals surface area contributed by atoms with Crippen molar-refractivity contribution in [2.24, 2.45) is 0 Å². The second-order valence-corrected chi connectivity index (χ2v) is 5.18. The van der Waals surface area contributed by atoms with Crippen LogP contribution < -0.4 is 10.1 Å². The Kier molecular flexibility index (Phi) is 7.82. The fourth-order valence-corrected chi connectivity index (χ4v) is 2.44. The third-order valence-electron chi connectivity index (χ3n) is 2.49. The summed E-state index contributed by atoms with van der Waals surface area (Å²) in [4.78, 5) is 10.7. The first-order valence-electron chi connectivity index (χ1n) is 6.53. The summed E-state index contributed by atoms with van der Waals surface area (Å²) in [6.45, 7) is 3.01. The van der Waals surface area contributed by atoms with E-state index in [0.717, 1.165) is 17.9 Å². The minimum Gasteiger partial charge on any atom is -0.487 e. The van der Waals surface area contributed by atoms with E-state index in [1.165, 1.54) is 0 Å². The van der Waals surface area contributed by atoms with Gasteiger partial charge in [0.25, 0.3) is 0 Å². The first-order chi connectivity index (χ1) is 9.70. The normalized spacial score (nSPS) is 10.3. The largest absolute Gasteiger partial charge is 0.487 e. The van der Waals surface area contributed by atoms with E-state index in [-0.39, 0.29) is 18.0 Å². The molecule has 2 N–H and O–H groups in total. The van der Waals surface area contributed by atoms with Crippen LogP contribution in [-0.4, -0.2) is 41.3 Å². The Bertz CT molecular complexity index is 429. The topological polar surface area (TPSA) is 84.6 Å². The van der Waals surface area contributed by atoms with Gasteiger partial charge in [-0.2, -0.15) is 11.8 Å². The van der Waals surface area contributed by atoms with Gasteiger partial charge in [0.2, 0.25) is 0 Å². The van der Waals surface area contributed by atoms with Gasteiger partial charge in [-0.15, -0.1) is 0 Å². The number of aliphatic hydroxyl groups is 1. The van der Waals surface area contributed by atoms with E-state index in [4.69, 9.17) is 9.84 Å². The van der Waals surface area contributed by atoms with E-state index in [1.54, 1.807) is 36.9 Å². The number of thioether (sulfide) groups is 1. The monoisotopic (exact) mass is 300 g/mol. The van der Waals surface area contributed by atoms with E-state index in [2.05, 4.69) is 5.32 Å². The van der Waals surface area contributed by atoms with Crippen LogP contribution in [0.2, 0.25) is 0 Å². The van der Waals surface area contributed by atoms with Crippen LogP contribution in [0.5, 0.6) is 5.75 Å². The van der Waals surface area contributed by atoms with Gasteiger partial charge in [0.1, 0.15) is 5.69 Å². The third-order valence-corrected chi connectivity index (χ3v) is 3.56. The third kappa shape index (κ3) is 5.26. The lowest BCUT2D eigenvalue weighted by Gasteiger charge is -2.10. The molecule has 0 radical (unpaired) electrons. The first kappa shape index (κ1) is 16.6. The molecule has 0 aliphatic carbocycles. The maximum atomic E-state index is 11.1. The molecule has 7 heteroatoms. The van der Waals surface area contributed by atoms with Crippen LogP contribution >= 0.6 is 11.8 Å². The highest BCUT2D eigenvalue weighted by atomic mass is 32.2. The van der Waals surface area contributed by atoms with Crippen LogP contribution in [0, 0.1) is 10.1 Å². The summed E-state index contributed by atoms with van der Waals surface area (Å²) >= 11 is 1.70. The first-order valence-corrected chi connectivity index (χ1v) is 7.68. The number of nitro benzene ring substituents is 1. The number of nitrogens with one attached hydrogen (secondary N) is 1. The maximum Gasteiger partial charge on any atom is 0.333 e. The standard InChI is InChI=1S/C13H20N2O4S/c1-2-19-12-6-3-5-11(13(12)15(17)18)14-7-10-20-9-4-8-16/h3,5-6,14,16H,2,4,7-10H2,1H3. The second-order valence-electron chi connectivity index (χ2n) is 3.96. The predicted octanol–water partition coefficient (Wildman–Crippen LogP) is 2.52. The Morgan fingerprint density at radius 2 is 2.25 bits per heavy atom. The molecule has 0 amide bonds. The Hall–Kier alpha value is -1.47. The Balaban J connectivity index is 2.60. The van der Waals surface area contributed by atoms with Crippen molar-refractivity contribution < 1.29 is 14.8 Å². The van der Waals surface area contributed by atoms with Crippen LogP contribution in [0.3, 0.4) is 0 Å². The van der Waals surface area contributed by atoms with Crippen molar-refractivity contribution in [1.29, 1.82) is 0 Å². The maximum absolute atomic E-state index is 11.1. The zero-order chi connectivity index (χ0) is 14.8. The number of ether oxygens (including phenoxy) is 1. The van der Waals surface area contributed by atoms with Gasteiger partial charge in [-0.3, -0.25) is 10.1 Å². The predicted molar refractivity (Wildman–Crippen MR) is 81.8 cm³/mol. The number of hydrogen-bond acceptors (Lipinski definition) is 6. The van der Waals surface area contributed by atoms with Crippen LogP contribution in [0.15, 0.2) is 18.2 Å². The Morgan fingerprint density at radius 1 is 1.45 bits per heavy atom. The molecule has 0 atom stereocenters. The zero-order valence-electron chi connectivity index (χ0n) is 11.5. The molecule has 112 valence electrons.